The molecule has 4 N–H and O–H groups in total. The van der Waals surface area contributed by atoms with Gasteiger partial charge in [-0.25, -0.2) is 9.78 Å². The van der Waals surface area contributed by atoms with Crippen molar-refractivity contribution in [2.24, 2.45) is 11.1 Å². The van der Waals surface area contributed by atoms with Gasteiger partial charge in [-0.3, -0.25) is 4.57 Å². The Morgan fingerprint density at radius 1 is 1.15 bits per heavy atom. The summed E-state index contributed by atoms with van der Waals surface area (Å²) < 4.78 is 7.57. The van der Waals surface area contributed by atoms with E-state index in [0.29, 0.717) is 36.2 Å². The van der Waals surface area contributed by atoms with E-state index >= 15 is 0 Å². The van der Waals surface area contributed by atoms with E-state index in [4.69, 9.17) is 10.5 Å². The second-order valence-corrected chi connectivity index (χ2v) is 9.87. The van der Waals surface area contributed by atoms with Gasteiger partial charge in [0.1, 0.15) is 11.6 Å². The molecule has 4 rings (SSSR count). The van der Waals surface area contributed by atoms with Crippen molar-refractivity contribution in [2.75, 3.05) is 45.2 Å². The van der Waals surface area contributed by atoms with Crippen LogP contribution in [0.15, 0.2) is 35.4 Å². The van der Waals surface area contributed by atoms with Crippen LogP contribution in [0.4, 0.5) is 11.6 Å². The summed E-state index contributed by atoms with van der Waals surface area (Å²) in [6, 6.07) is 6.07. The number of aryl methyl sites for hydroxylation is 1. The lowest BCUT2D eigenvalue weighted by Gasteiger charge is -2.29. The number of hydrogen-bond acceptors (Lipinski definition) is 8. The maximum atomic E-state index is 12.4. The van der Waals surface area contributed by atoms with Crippen LogP contribution in [0.5, 0.6) is 0 Å². The third-order valence-electron chi connectivity index (χ3n) is 6.90. The number of anilines is 2. The maximum Gasteiger partial charge on any atom is 0.349 e. The molecule has 1 aliphatic carbocycles. The minimum atomic E-state index is -0.241. The Labute approximate surface area is 202 Å². The zero-order valence-corrected chi connectivity index (χ0v) is 20.3. The van der Waals surface area contributed by atoms with Gasteiger partial charge in [0.15, 0.2) is 0 Å². The molecule has 3 heterocycles. The van der Waals surface area contributed by atoms with Gasteiger partial charge in [0.2, 0.25) is 0 Å². The highest BCUT2D eigenvalue weighted by molar-refractivity contribution is 5.50. The number of nitrogens with one attached hydrogen (secondary N) is 2. The molecule has 1 aliphatic heterocycles. The minimum absolute atomic E-state index is 0.241. The first-order chi connectivity index (χ1) is 16.5. The van der Waals surface area contributed by atoms with E-state index in [-0.39, 0.29) is 5.69 Å². The van der Waals surface area contributed by atoms with E-state index in [9.17, 15) is 4.79 Å². The van der Waals surface area contributed by atoms with Crippen molar-refractivity contribution in [3.63, 3.8) is 0 Å². The third-order valence-corrected chi connectivity index (χ3v) is 6.90. The van der Waals surface area contributed by atoms with Crippen molar-refractivity contribution in [3.05, 3.63) is 46.6 Å². The summed E-state index contributed by atoms with van der Waals surface area (Å²) in [4.78, 5) is 23.5. The van der Waals surface area contributed by atoms with Crippen molar-refractivity contribution in [3.8, 4) is 0 Å². The minimum Gasteiger partial charge on any atom is -0.376 e. The number of piperidine rings is 1. The molecule has 0 unspecified atom stereocenters. The first-order valence-corrected chi connectivity index (χ1v) is 12.5. The fourth-order valence-electron chi connectivity index (χ4n) is 4.49. The Balaban J connectivity index is 1.18. The van der Waals surface area contributed by atoms with Crippen molar-refractivity contribution in [2.45, 2.75) is 57.7 Å². The van der Waals surface area contributed by atoms with Gasteiger partial charge in [-0.1, -0.05) is 6.07 Å². The molecule has 0 radical (unpaired) electrons. The molecule has 2 fully saturated rings. The van der Waals surface area contributed by atoms with Crippen molar-refractivity contribution in [1.82, 2.24) is 24.8 Å². The number of likely N-dealkylation sites (tertiary alicyclic amines) is 1. The summed E-state index contributed by atoms with van der Waals surface area (Å²) in [5, 5.41) is 6.37. The molecule has 9 heteroatoms. The predicted molar refractivity (Wildman–Crippen MR) is 134 cm³/mol. The molecule has 2 aromatic heterocycles. The molecule has 0 bridgehead atoms. The number of pyridine rings is 1. The van der Waals surface area contributed by atoms with Gasteiger partial charge in [0.05, 0.1) is 13.2 Å². The summed E-state index contributed by atoms with van der Waals surface area (Å²) >= 11 is 0. The highest BCUT2D eigenvalue weighted by Crippen LogP contribution is 2.45. The number of aromatic nitrogens is 3. The summed E-state index contributed by atoms with van der Waals surface area (Å²) in [6.07, 6.45) is 10.3. The van der Waals surface area contributed by atoms with Crippen LogP contribution in [0.3, 0.4) is 0 Å². The SMILES string of the molecule is CNCC1(COCc2ccc(Nc3ccn(CCCCN4CCC(N)CC4)c(=O)n3)nc2)CC1. The van der Waals surface area contributed by atoms with Crippen LogP contribution < -0.4 is 22.1 Å². The van der Waals surface area contributed by atoms with Crippen LogP contribution in [0.1, 0.15) is 44.1 Å². The average molecular weight is 470 g/mol. The van der Waals surface area contributed by atoms with Crippen LogP contribution in [-0.2, 0) is 17.9 Å². The zero-order valence-electron chi connectivity index (χ0n) is 20.3. The van der Waals surface area contributed by atoms with E-state index in [1.54, 1.807) is 17.0 Å². The first kappa shape index (κ1) is 24.8. The average Bonchev–Trinajstić information content (AvgIpc) is 3.60. The van der Waals surface area contributed by atoms with E-state index in [0.717, 1.165) is 64.0 Å². The summed E-state index contributed by atoms with van der Waals surface area (Å²) in [5.41, 5.74) is 7.08. The van der Waals surface area contributed by atoms with Gasteiger partial charge in [-0.15, -0.1) is 0 Å². The topological polar surface area (TPSA) is 110 Å². The highest BCUT2D eigenvalue weighted by atomic mass is 16.5. The van der Waals surface area contributed by atoms with Gasteiger partial charge in [0.25, 0.3) is 0 Å². The number of nitrogens with two attached hydrogens (primary N) is 1. The Morgan fingerprint density at radius 2 is 1.94 bits per heavy atom. The third kappa shape index (κ3) is 7.33. The monoisotopic (exact) mass is 469 g/mol. The zero-order chi connectivity index (χ0) is 23.8. The molecule has 2 aromatic rings. The molecular formula is C25H39N7O2. The standard InChI is InChI=1S/C25H39N7O2/c1-27-18-25(9-10-25)19-34-17-20-4-5-22(28-16-20)29-23-8-15-32(24(33)30-23)12-3-2-11-31-13-6-21(26)7-14-31/h4-5,8,15-16,21,27H,2-3,6-7,9-14,17-19,26H2,1H3,(H,28,29,30,33). The number of nitrogens with zero attached hydrogens (tertiary/aromatic N) is 4. The lowest BCUT2D eigenvalue weighted by Crippen LogP contribution is -2.40. The van der Waals surface area contributed by atoms with Crippen LogP contribution >= 0.6 is 0 Å². The number of unbranched alkanes of at least 4 members (excludes halogenated alkanes) is 1. The second-order valence-electron chi connectivity index (χ2n) is 9.87. The van der Waals surface area contributed by atoms with E-state index in [2.05, 4.69) is 25.5 Å². The number of rotatable bonds is 13. The molecule has 186 valence electrons. The predicted octanol–water partition coefficient (Wildman–Crippen LogP) is 2.10. The molecule has 1 saturated heterocycles. The molecule has 34 heavy (non-hydrogen) atoms. The molecule has 0 spiro atoms. The molecular weight excluding hydrogens is 430 g/mol. The summed E-state index contributed by atoms with van der Waals surface area (Å²) in [7, 11) is 1.99. The highest BCUT2D eigenvalue weighted by Gasteiger charge is 2.42. The van der Waals surface area contributed by atoms with E-state index in [1.807, 2.05) is 25.2 Å². The van der Waals surface area contributed by atoms with Crippen LogP contribution in [0, 0.1) is 5.41 Å². The van der Waals surface area contributed by atoms with Crippen molar-refractivity contribution in [1.29, 1.82) is 0 Å². The second kappa shape index (κ2) is 11.9. The lowest BCUT2D eigenvalue weighted by atomic mass is 10.1. The fourth-order valence-corrected chi connectivity index (χ4v) is 4.49. The van der Waals surface area contributed by atoms with Gasteiger partial charge >= 0.3 is 5.69 Å². The number of hydrogen-bond donors (Lipinski definition) is 3. The van der Waals surface area contributed by atoms with Crippen molar-refractivity contribution < 1.29 is 4.74 Å². The Kier molecular flexibility index (Phi) is 8.66. The molecule has 9 nitrogen and oxygen atoms in total. The maximum absolute atomic E-state index is 12.4. The molecule has 1 saturated carbocycles. The fraction of sp³-hybridized carbons (Fsp3) is 0.640. The molecule has 0 atom stereocenters. The van der Waals surface area contributed by atoms with Gasteiger partial charge in [0, 0.05) is 36.9 Å². The van der Waals surface area contributed by atoms with E-state index < -0.39 is 0 Å². The van der Waals surface area contributed by atoms with E-state index in [1.165, 1.54) is 12.8 Å². The largest absolute Gasteiger partial charge is 0.376 e. The van der Waals surface area contributed by atoms with Crippen LogP contribution in [0.2, 0.25) is 0 Å². The Morgan fingerprint density at radius 3 is 2.62 bits per heavy atom. The van der Waals surface area contributed by atoms with Crippen LogP contribution in [0.25, 0.3) is 0 Å². The quantitative estimate of drug-likeness (QED) is 0.383. The first-order valence-electron chi connectivity index (χ1n) is 12.5. The van der Waals surface area contributed by atoms with Gasteiger partial charge in [-0.2, -0.15) is 4.98 Å². The normalized spacial score (nSPS) is 18.2. The van der Waals surface area contributed by atoms with Crippen molar-refractivity contribution >= 4 is 11.6 Å². The van der Waals surface area contributed by atoms with Crippen LogP contribution in [-0.4, -0.2) is 65.3 Å². The molecule has 0 amide bonds. The lowest BCUT2D eigenvalue weighted by molar-refractivity contribution is 0.0782. The van der Waals surface area contributed by atoms with Gasteiger partial charge < -0.3 is 26.0 Å². The molecule has 0 aromatic carbocycles. The van der Waals surface area contributed by atoms with Gasteiger partial charge in [-0.05, 0) is 82.9 Å². The Hall–Kier alpha value is -2.33. The summed E-state index contributed by atoms with van der Waals surface area (Å²) in [6.45, 7) is 6.26. The smallest absolute Gasteiger partial charge is 0.349 e. The molecule has 2 aliphatic rings. The number of ether oxygens (including phenoxy) is 1. The Bertz CT molecular complexity index is 950. The summed E-state index contributed by atoms with van der Waals surface area (Å²) in [5.74, 6) is 1.16.